The van der Waals surface area contributed by atoms with Gasteiger partial charge in [-0.1, -0.05) is 35.3 Å². The van der Waals surface area contributed by atoms with Crippen molar-refractivity contribution in [3.05, 3.63) is 63.6 Å². The molecule has 1 heterocycles. The number of urea groups is 1. The quantitative estimate of drug-likeness (QED) is 0.437. The molecule has 190 valence electrons. The molecule has 4 atom stereocenters. The molecule has 1 aliphatic heterocycles. The van der Waals surface area contributed by atoms with E-state index in [-0.39, 0.29) is 17.5 Å². The highest BCUT2D eigenvalue weighted by molar-refractivity contribution is 6.42. The maximum Gasteiger partial charge on any atom is 0.322 e. The van der Waals surface area contributed by atoms with Crippen LogP contribution in [-0.2, 0) is 5.41 Å². The van der Waals surface area contributed by atoms with Gasteiger partial charge in [0.05, 0.1) is 21.7 Å². The number of rotatable bonds is 7. The maximum atomic E-state index is 13.6. The van der Waals surface area contributed by atoms with Gasteiger partial charge < -0.3 is 15.1 Å². The predicted molar refractivity (Wildman–Crippen MR) is 141 cm³/mol. The number of carbonyl (C=O) groups excluding carboxylic acids is 1. The SMILES string of the molecule is N#Cc1cccc([C@]23CC[C@@H](N(CCCN4CC[C@H](F)C4)C(=O)Nc4ccc(Cl)c(Cl)c4)CC2C3)c1. The van der Waals surface area contributed by atoms with E-state index in [1.807, 2.05) is 23.1 Å². The van der Waals surface area contributed by atoms with Gasteiger partial charge in [0.2, 0.25) is 0 Å². The lowest BCUT2D eigenvalue weighted by Gasteiger charge is -2.37. The second-order valence-electron chi connectivity index (χ2n) is 10.5. The van der Waals surface area contributed by atoms with E-state index in [1.54, 1.807) is 18.2 Å². The van der Waals surface area contributed by atoms with E-state index < -0.39 is 6.17 Å². The van der Waals surface area contributed by atoms with Crippen LogP contribution >= 0.6 is 23.2 Å². The zero-order chi connectivity index (χ0) is 25.3. The van der Waals surface area contributed by atoms with Crippen molar-refractivity contribution in [1.82, 2.24) is 9.80 Å². The molecule has 1 saturated heterocycles. The molecule has 1 N–H and O–H groups in total. The van der Waals surface area contributed by atoms with E-state index in [0.717, 1.165) is 45.2 Å². The predicted octanol–water partition coefficient (Wildman–Crippen LogP) is 6.64. The van der Waals surface area contributed by atoms with Gasteiger partial charge in [0.1, 0.15) is 6.17 Å². The number of hydrogen-bond donors (Lipinski definition) is 1. The Hall–Kier alpha value is -2.33. The molecular formula is C28H31Cl2FN4O. The molecule has 0 radical (unpaired) electrons. The van der Waals surface area contributed by atoms with Crippen LogP contribution in [0.15, 0.2) is 42.5 Å². The van der Waals surface area contributed by atoms with Crippen molar-refractivity contribution in [1.29, 1.82) is 5.26 Å². The van der Waals surface area contributed by atoms with Crippen LogP contribution in [0.2, 0.25) is 10.0 Å². The number of halogens is 3. The van der Waals surface area contributed by atoms with Crippen LogP contribution in [0.5, 0.6) is 0 Å². The minimum Gasteiger partial charge on any atom is -0.321 e. The minimum absolute atomic E-state index is 0.136. The standard InChI is InChI=1S/C28H31Cl2FN4O/c29-25-6-5-23(15-26(25)30)33-27(36)35(11-2-10-34-12-8-22(31)18-34)24-7-9-28(16-21(28)14-24)20-4-1-3-19(13-20)17-32/h1,3-6,13,15,21-22,24H,2,7-12,14,16,18H2,(H,33,36)/t21?,22-,24+,28+/m0/s1. The molecular weight excluding hydrogens is 498 g/mol. The number of hydrogen-bond acceptors (Lipinski definition) is 3. The number of nitrogens with zero attached hydrogens (tertiary/aromatic N) is 3. The third kappa shape index (κ3) is 5.34. The van der Waals surface area contributed by atoms with Crippen molar-refractivity contribution >= 4 is 34.9 Å². The van der Waals surface area contributed by atoms with Crippen molar-refractivity contribution < 1.29 is 9.18 Å². The second kappa shape index (κ2) is 10.6. The molecule has 2 aromatic carbocycles. The van der Waals surface area contributed by atoms with Crippen molar-refractivity contribution in [2.45, 2.75) is 56.2 Å². The Morgan fingerprint density at radius 2 is 2.08 bits per heavy atom. The lowest BCUT2D eigenvalue weighted by atomic mass is 9.80. The zero-order valence-corrected chi connectivity index (χ0v) is 21.7. The number of nitrogens with one attached hydrogen (secondary N) is 1. The van der Waals surface area contributed by atoms with E-state index >= 15 is 0 Å². The van der Waals surface area contributed by atoms with Crippen molar-refractivity contribution in [2.24, 2.45) is 5.92 Å². The lowest BCUT2D eigenvalue weighted by Crippen LogP contribution is -2.46. The first kappa shape index (κ1) is 25.3. The van der Waals surface area contributed by atoms with Gasteiger partial charge in [-0.3, -0.25) is 0 Å². The number of fused-ring (bicyclic) bond motifs is 1. The van der Waals surface area contributed by atoms with Gasteiger partial charge in [0.25, 0.3) is 0 Å². The molecule has 5 nitrogen and oxygen atoms in total. The number of alkyl halides is 1. The average Bonchev–Trinajstić information content (AvgIpc) is 3.48. The van der Waals surface area contributed by atoms with Gasteiger partial charge in [-0.15, -0.1) is 0 Å². The first-order valence-electron chi connectivity index (χ1n) is 12.8. The molecule has 36 heavy (non-hydrogen) atoms. The fourth-order valence-electron chi connectivity index (χ4n) is 6.22. The monoisotopic (exact) mass is 528 g/mol. The molecule has 5 rings (SSSR count). The van der Waals surface area contributed by atoms with Crippen LogP contribution in [0.4, 0.5) is 14.9 Å². The van der Waals surface area contributed by atoms with Gasteiger partial charge in [-0.2, -0.15) is 5.26 Å². The normalized spacial score (nSPS) is 27.2. The van der Waals surface area contributed by atoms with Gasteiger partial charge in [-0.25, -0.2) is 9.18 Å². The number of nitriles is 1. The fourth-order valence-corrected chi connectivity index (χ4v) is 6.52. The van der Waals surface area contributed by atoms with Crippen LogP contribution in [0.1, 0.15) is 49.7 Å². The summed E-state index contributed by atoms with van der Waals surface area (Å²) >= 11 is 12.2. The Morgan fingerprint density at radius 1 is 1.22 bits per heavy atom. The van der Waals surface area contributed by atoms with Crippen LogP contribution in [0.25, 0.3) is 0 Å². The van der Waals surface area contributed by atoms with Gasteiger partial charge in [0.15, 0.2) is 0 Å². The number of likely N-dealkylation sites (tertiary alicyclic amines) is 1. The molecule has 3 aliphatic rings. The minimum atomic E-state index is -0.736. The largest absolute Gasteiger partial charge is 0.322 e. The smallest absolute Gasteiger partial charge is 0.321 e. The summed E-state index contributed by atoms with van der Waals surface area (Å²) in [5.41, 5.74) is 2.71. The molecule has 1 unspecified atom stereocenters. The maximum absolute atomic E-state index is 13.6. The third-order valence-electron chi connectivity index (χ3n) is 8.24. The molecule has 3 fully saturated rings. The fraction of sp³-hybridized carbons (Fsp3) is 0.500. The average molecular weight is 529 g/mol. The Balaban J connectivity index is 1.27. The summed E-state index contributed by atoms with van der Waals surface area (Å²) in [6, 6.07) is 15.4. The van der Waals surface area contributed by atoms with Gasteiger partial charge in [-0.05, 0) is 92.3 Å². The Morgan fingerprint density at radius 3 is 2.81 bits per heavy atom. The second-order valence-corrected chi connectivity index (χ2v) is 11.3. The Kier molecular flexibility index (Phi) is 7.44. The van der Waals surface area contributed by atoms with Crippen molar-refractivity contribution in [2.75, 3.05) is 31.5 Å². The molecule has 0 spiro atoms. The lowest BCUT2D eigenvalue weighted by molar-refractivity contribution is 0.155. The molecule has 8 heteroatoms. The highest BCUT2D eigenvalue weighted by Gasteiger charge is 2.58. The summed E-state index contributed by atoms with van der Waals surface area (Å²) in [4.78, 5) is 17.6. The molecule has 2 amide bonds. The summed E-state index contributed by atoms with van der Waals surface area (Å²) in [6.45, 7) is 2.69. The van der Waals surface area contributed by atoms with Crippen molar-refractivity contribution in [3.63, 3.8) is 0 Å². The van der Waals surface area contributed by atoms with Crippen LogP contribution in [0, 0.1) is 17.2 Å². The summed E-state index contributed by atoms with van der Waals surface area (Å²) in [5.74, 6) is 0.511. The first-order valence-corrected chi connectivity index (χ1v) is 13.5. The third-order valence-corrected chi connectivity index (χ3v) is 8.98. The summed E-state index contributed by atoms with van der Waals surface area (Å²) in [5, 5.41) is 13.2. The summed E-state index contributed by atoms with van der Waals surface area (Å²) in [6.07, 6.45) is 4.63. The number of anilines is 1. The van der Waals surface area contributed by atoms with E-state index in [2.05, 4.69) is 22.4 Å². The van der Waals surface area contributed by atoms with E-state index in [1.165, 1.54) is 5.56 Å². The zero-order valence-electron chi connectivity index (χ0n) is 20.2. The molecule has 2 aromatic rings. The Labute approximate surface area is 222 Å². The van der Waals surface area contributed by atoms with Gasteiger partial charge in [0, 0.05) is 31.4 Å². The Bertz CT molecular complexity index is 1170. The number of carbonyl (C=O) groups is 1. The molecule has 2 aliphatic carbocycles. The highest BCUT2D eigenvalue weighted by Crippen LogP contribution is 2.62. The van der Waals surface area contributed by atoms with Gasteiger partial charge >= 0.3 is 6.03 Å². The first-order chi connectivity index (χ1) is 17.4. The summed E-state index contributed by atoms with van der Waals surface area (Å²) < 4.78 is 13.6. The summed E-state index contributed by atoms with van der Waals surface area (Å²) in [7, 11) is 0. The number of amides is 2. The van der Waals surface area contributed by atoms with Crippen molar-refractivity contribution in [3.8, 4) is 6.07 Å². The van der Waals surface area contributed by atoms with E-state index in [9.17, 15) is 14.4 Å². The van der Waals surface area contributed by atoms with Crippen LogP contribution < -0.4 is 5.32 Å². The topological polar surface area (TPSA) is 59.4 Å². The number of benzene rings is 2. The van der Waals surface area contributed by atoms with E-state index in [0.29, 0.717) is 46.7 Å². The van der Waals surface area contributed by atoms with Crippen LogP contribution in [-0.4, -0.2) is 54.2 Å². The molecule has 0 aromatic heterocycles. The molecule has 2 saturated carbocycles. The highest BCUT2D eigenvalue weighted by atomic mass is 35.5. The molecule has 0 bridgehead atoms. The van der Waals surface area contributed by atoms with E-state index in [4.69, 9.17) is 23.2 Å². The van der Waals surface area contributed by atoms with Crippen LogP contribution in [0.3, 0.4) is 0 Å².